The molecular formula is C25H31F3N8OS. The predicted octanol–water partition coefficient (Wildman–Crippen LogP) is 4.98. The minimum atomic E-state index is -4.44. The third-order valence-electron chi connectivity index (χ3n) is 7.13. The van der Waals surface area contributed by atoms with Crippen molar-refractivity contribution in [3.8, 4) is 27.7 Å². The summed E-state index contributed by atoms with van der Waals surface area (Å²) in [6.45, 7) is 9.97. The maximum atomic E-state index is 13.8. The number of halogens is 3. The molecule has 0 spiro atoms. The van der Waals surface area contributed by atoms with E-state index in [1.807, 2.05) is 6.92 Å². The van der Waals surface area contributed by atoms with Crippen LogP contribution in [0.2, 0.25) is 0 Å². The minimum absolute atomic E-state index is 0.0397. The van der Waals surface area contributed by atoms with Gasteiger partial charge in [0.1, 0.15) is 22.0 Å². The molecule has 38 heavy (non-hydrogen) atoms. The number of hydrogen-bond acceptors (Lipinski definition) is 8. The Kier molecular flexibility index (Phi) is 7.32. The molecule has 204 valence electrons. The lowest BCUT2D eigenvalue weighted by atomic mass is 10.0. The van der Waals surface area contributed by atoms with Gasteiger partial charge in [0, 0.05) is 49.5 Å². The molecular weight excluding hydrogens is 517 g/mol. The number of piperazine rings is 1. The van der Waals surface area contributed by atoms with Crippen LogP contribution in [0, 0.1) is 6.92 Å². The highest BCUT2D eigenvalue weighted by molar-refractivity contribution is 7.19. The van der Waals surface area contributed by atoms with Gasteiger partial charge in [-0.2, -0.15) is 23.4 Å². The normalized spacial score (nSPS) is 15.2. The summed E-state index contributed by atoms with van der Waals surface area (Å²) in [4.78, 5) is 13.6. The number of thiazole rings is 1. The average molecular weight is 549 g/mol. The first-order valence-electron chi connectivity index (χ1n) is 12.7. The maximum Gasteiger partial charge on any atom is 0.393 e. The molecule has 4 aromatic heterocycles. The lowest BCUT2D eigenvalue weighted by Crippen LogP contribution is -2.50. The van der Waals surface area contributed by atoms with Crippen molar-refractivity contribution in [2.24, 2.45) is 0 Å². The molecule has 1 N–H and O–H groups in total. The van der Waals surface area contributed by atoms with Crippen LogP contribution < -0.4 is 9.64 Å². The van der Waals surface area contributed by atoms with Crippen molar-refractivity contribution < 1.29 is 17.9 Å². The zero-order chi connectivity index (χ0) is 27.0. The molecule has 4 aromatic rings. The highest BCUT2D eigenvalue weighted by Crippen LogP contribution is 2.40. The Hall–Kier alpha value is -3.19. The smallest absolute Gasteiger partial charge is 0.393 e. The Balaban J connectivity index is 1.49. The zero-order valence-electron chi connectivity index (χ0n) is 21.8. The van der Waals surface area contributed by atoms with Crippen LogP contribution in [0.15, 0.2) is 18.6 Å². The molecule has 5 rings (SSSR count). The van der Waals surface area contributed by atoms with Crippen molar-refractivity contribution >= 4 is 22.0 Å². The van der Waals surface area contributed by atoms with Crippen LogP contribution in [0.4, 0.5) is 18.2 Å². The standard InChI is InChI=1S/C25H31F3N8OS/c1-5-17(6-2)34-7-9-35(10-8-34)24-15(3)31-23(38-24)21-18(12-25(26,27)28)20(32-33-21)16-11-19(37-4)22-29-14-30-36(22)13-16/h11,13-14,17H,5-10,12H2,1-4H3,(H,32,33). The summed E-state index contributed by atoms with van der Waals surface area (Å²) in [5.41, 5.74) is 2.24. The van der Waals surface area contributed by atoms with E-state index in [2.05, 4.69) is 48.9 Å². The van der Waals surface area contributed by atoms with Gasteiger partial charge in [0.15, 0.2) is 11.4 Å². The van der Waals surface area contributed by atoms with Crippen LogP contribution in [-0.4, -0.2) is 80.2 Å². The molecule has 0 bridgehead atoms. The summed E-state index contributed by atoms with van der Waals surface area (Å²) in [5.74, 6) is 0.397. The molecule has 0 unspecified atom stereocenters. The zero-order valence-corrected chi connectivity index (χ0v) is 22.7. The topological polar surface area (TPSA) is 87.5 Å². The largest absolute Gasteiger partial charge is 0.493 e. The SMILES string of the molecule is CCC(CC)N1CCN(c2sc(-c3n[nH]c(-c4cc(OC)c5ncnn5c4)c3CC(F)(F)F)nc2C)CC1. The van der Waals surface area contributed by atoms with E-state index >= 15 is 0 Å². The monoisotopic (exact) mass is 548 g/mol. The van der Waals surface area contributed by atoms with Gasteiger partial charge < -0.3 is 9.64 Å². The van der Waals surface area contributed by atoms with Crippen LogP contribution in [-0.2, 0) is 6.42 Å². The number of hydrogen-bond donors (Lipinski definition) is 1. The number of ether oxygens (including phenoxy) is 1. The van der Waals surface area contributed by atoms with E-state index in [1.54, 1.807) is 12.3 Å². The van der Waals surface area contributed by atoms with Crippen molar-refractivity contribution in [2.45, 2.75) is 52.3 Å². The third kappa shape index (κ3) is 5.08. The Bertz CT molecular complexity index is 1400. The lowest BCUT2D eigenvalue weighted by molar-refractivity contribution is -0.127. The van der Waals surface area contributed by atoms with E-state index < -0.39 is 12.6 Å². The number of H-pyrrole nitrogens is 1. The molecule has 1 fully saturated rings. The van der Waals surface area contributed by atoms with Gasteiger partial charge in [-0.15, -0.1) is 0 Å². The van der Waals surface area contributed by atoms with Crippen molar-refractivity contribution in [1.82, 2.24) is 34.7 Å². The van der Waals surface area contributed by atoms with Gasteiger partial charge in [-0.3, -0.25) is 10.00 Å². The molecule has 0 amide bonds. The Morgan fingerprint density at radius 3 is 2.55 bits per heavy atom. The molecule has 0 saturated carbocycles. The van der Waals surface area contributed by atoms with E-state index in [-0.39, 0.29) is 17.0 Å². The second kappa shape index (κ2) is 10.5. The molecule has 0 radical (unpaired) electrons. The fraction of sp³-hybridized carbons (Fsp3) is 0.520. The molecule has 13 heteroatoms. The van der Waals surface area contributed by atoms with Crippen molar-refractivity contribution in [3.63, 3.8) is 0 Å². The summed E-state index contributed by atoms with van der Waals surface area (Å²) < 4.78 is 48.2. The van der Waals surface area contributed by atoms with E-state index in [4.69, 9.17) is 4.74 Å². The first-order chi connectivity index (χ1) is 18.2. The predicted molar refractivity (Wildman–Crippen MR) is 141 cm³/mol. The van der Waals surface area contributed by atoms with E-state index in [9.17, 15) is 13.2 Å². The van der Waals surface area contributed by atoms with Gasteiger partial charge in [0.2, 0.25) is 0 Å². The van der Waals surface area contributed by atoms with Crippen molar-refractivity contribution in [3.05, 3.63) is 29.8 Å². The Morgan fingerprint density at radius 1 is 1.16 bits per heavy atom. The molecule has 1 saturated heterocycles. The van der Waals surface area contributed by atoms with Gasteiger partial charge in [-0.1, -0.05) is 25.2 Å². The van der Waals surface area contributed by atoms with Crippen LogP contribution in [0.5, 0.6) is 5.75 Å². The molecule has 1 aliphatic rings. The number of aromatic nitrogens is 6. The van der Waals surface area contributed by atoms with E-state index in [1.165, 1.54) is 29.3 Å². The highest BCUT2D eigenvalue weighted by Gasteiger charge is 2.34. The van der Waals surface area contributed by atoms with Gasteiger partial charge >= 0.3 is 6.18 Å². The summed E-state index contributed by atoms with van der Waals surface area (Å²) in [6.07, 6.45) is -0.358. The quantitative estimate of drug-likeness (QED) is 0.333. The van der Waals surface area contributed by atoms with Gasteiger partial charge in [-0.05, 0) is 25.8 Å². The summed E-state index contributed by atoms with van der Waals surface area (Å²) in [5, 5.41) is 12.8. The second-order valence-corrected chi connectivity index (χ2v) is 10.4. The van der Waals surface area contributed by atoms with Crippen LogP contribution in [0.3, 0.4) is 0 Å². The Morgan fingerprint density at radius 2 is 1.89 bits per heavy atom. The van der Waals surface area contributed by atoms with Crippen LogP contribution in [0.25, 0.3) is 27.6 Å². The number of aromatic amines is 1. The number of fused-ring (bicyclic) bond motifs is 1. The number of methoxy groups -OCH3 is 1. The minimum Gasteiger partial charge on any atom is -0.493 e. The number of nitrogens with one attached hydrogen (secondary N) is 1. The third-order valence-corrected chi connectivity index (χ3v) is 8.35. The number of anilines is 1. The van der Waals surface area contributed by atoms with Gasteiger partial charge in [-0.25, -0.2) is 14.5 Å². The molecule has 5 heterocycles. The van der Waals surface area contributed by atoms with Crippen molar-refractivity contribution in [2.75, 3.05) is 38.2 Å². The first kappa shape index (κ1) is 26.4. The fourth-order valence-corrected chi connectivity index (χ4v) is 6.35. The van der Waals surface area contributed by atoms with Crippen LogP contribution >= 0.6 is 11.3 Å². The molecule has 0 atom stereocenters. The summed E-state index contributed by atoms with van der Waals surface area (Å²) >= 11 is 1.39. The number of alkyl halides is 3. The van der Waals surface area contributed by atoms with Crippen LogP contribution in [0.1, 0.15) is 37.9 Å². The number of aryl methyl sites for hydroxylation is 1. The van der Waals surface area contributed by atoms with Gasteiger partial charge in [0.05, 0.1) is 24.9 Å². The molecule has 1 aliphatic heterocycles. The van der Waals surface area contributed by atoms with E-state index in [0.717, 1.165) is 49.7 Å². The Labute approximate surface area is 222 Å². The lowest BCUT2D eigenvalue weighted by Gasteiger charge is -2.39. The average Bonchev–Trinajstić information content (AvgIpc) is 3.62. The first-order valence-corrected chi connectivity index (χ1v) is 13.5. The number of nitrogens with zero attached hydrogens (tertiary/aromatic N) is 7. The number of rotatable bonds is 8. The van der Waals surface area contributed by atoms with Gasteiger partial charge in [0.25, 0.3) is 0 Å². The molecule has 9 nitrogen and oxygen atoms in total. The van der Waals surface area contributed by atoms with E-state index in [0.29, 0.717) is 28.0 Å². The molecule has 0 aromatic carbocycles. The second-order valence-electron chi connectivity index (χ2n) is 9.45. The maximum absolute atomic E-state index is 13.8. The molecule has 0 aliphatic carbocycles. The fourth-order valence-electron chi connectivity index (χ4n) is 5.21. The van der Waals surface area contributed by atoms with Crippen molar-refractivity contribution in [1.29, 1.82) is 0 Å². The summed E-state index contributed by atoms with van der Waals surface area (Å²) in [7, 11) is 1.48. The summed E-state index contributed by atoms with van der Waals surface area (Å²) in [6, 6.07) is 2.22. The number of pyridine rings is 1. The highest BCUT2D eigenvalue weighted by atomic mass is 32.1.